The van der Waals surface area contributed by atoms with Crippen LogP contribution in [0.5, 0.6) is 0 Å². The van der Waals surface area contributed by atoms with Crippen molar-refractivity contribution in [1.29, 1.82) is 0 Å². The number of aromatic nitrogens is 2. The Labute approximate surface area is 205 Å². The van der Waals surface area contributed by atoms with Crippen LogP contribution in [0.25, 0.3) is 10.9 Å². The predicted molar refractivity (Wildman–Crippen MR) is 85.0 cm³/mol. The van der Waals surface area contributed by atoms with Gasteiger partial charge in [-0.15, -0.1) is 11.3 Å². The van der Waals surface area contributed by atoms with Crippen molar-refractivity contribution in [3.8, 4) is 0 Å². The first-order chi connectivity index (χ1) is 12.1. The SMILES string of the molecule is CCC(=O)c1csc(C(=O)c2cn(P(=O)([O-])[O-])c3cc(F)c(F)cc23)n1.[Na+].[Na+]. The van der Waals surface area contributed by atoms with Gasteiger partial charge in [-0.05, 0) is 6.07 Å². The Morgan fingerprint density at radius 3 is 2.39 bits per heavy atom. The summed E-state index contributed by atoms with van der Waals surface area (Å²) in [5.74, 6) is -3.78. The van der Waals surface area contributed by atoms with Gasteiger partial charge in [0.25, 0.3) is 0 Å². The zero-order chi connectivity index (χ0) is 19.2. The molecule has 0 saturated heterocycles. The molecule has 3 aromatic rings. The van der Waals surface area contributed by atoms with Crippen LogP contribution < -0.4 is 68.9 Å². The summed E-state index contributed by atoms with van der Waals surface area (Å²) in [6.45, 7) is 1.62. The Hall–Kier alpha value is -0.260. The van der Waals surface area contributed by atoms with Gasteiger partial charge in [-0.2, -0.15) is 0 Å². The number of carbonyl (C=O) groups is 2. The number of hydrogen-bond acceptors (Lipinski definition) is 7. The third-order valence-corrected chi connectivity index (χ3v) is 5.34. The van der Waals surface area contributed by atoms with Gasteiger partial charge in [0, 0.05) is 37.2 Å². The minimum absolute atomic E-state index is 0. The molecule has 0 spiro atoms. The molecule has 0 amide bonds. The molecule has 0 atom stereocenters. The van der Waals surface area contributed by atoms with E-state index in [2.05, 4.69) is 4.98 Å². The quantitative estimate of drug-likeness (QED) is 0.225. The van der Waals surface area contributed by atoms with E-state index in [1.54, 1.807) is 6.92 Å². The number of ketones is 2. The summed E-state index contributed by atoms with van der Waals surface area (Å²) < 4.78 is 38.6. The summed E-state index contributed by atoms with van der Waals surface area (Å²) in [5, 5.41) is 0.974. The van der Waals surface area contributed by atoms with E-state index in [-0.39, 0.29) is 97.3 Å². The van der Waals surface area contributed by atoms with E-state index in [9.17, 15) is 32.7 Å². The van der Waals surface area contributed by atoms with Crippen LogP contribution in [0.3, 0.4) is 0 Å². The molecule has 3 rings (SSSR count). The number of rotatable bonds is 5. The minimum Gasteiger partial charge on any atom is -0.795 e. The molecule has 0 aliphatic carbocycles. The number of carbonyl (C=O) groups excluding carboxylic acids is 2. The molecule has 13 heteroatoms. The van der Waals surface area contributed by atoms with Crippen LogP contribution in [-0.4, -0.2) is 20.9 Å². The third kappa shape index (κ3) is 4.89. The average Bonchev–Trinajstić information content (AvgIpc) is 3.19. The molecule has 136 valence electrons. The zero-order valence-corrected chi connectivity index (χ0v) is 20.8. The molecule has 1 aromatic carbocycles. The zero-order valence-electron chi connectivity index (χ0n) is 15.1. The normalized spacial score (nSPS) is 11.0. The second kappa shape index (κ2) is 9.70. The van der Waals surface area contributed by atoms with Gasteiger partial charge in [-0.3, -0.25) is 9.59 Å². The summed E-state index contributed by atoms with van der Waals surface area (Å²) in [7, 11) is -5.42. The van der Waals surface area contributed by atoms with Gasteiger partial charge in [0.15, 0.2) is 22.4 Å². The topological polar surface area (TPSA) is 115 Å². The number of benzene rings is 1. The molecule has 0 aliphatic rings. The Kier molecular flexibility index (Phi) is 8.93. The Bertz CT molecular complexity index is 1110. The van der Waals surface area contributed by atoms with Gasteiger partial charge in [-0.1, -0.05) is 6.92 Å². The van der Waals surface area contributed by atoms with Crippen molar-refractivity contribution in [2.45, 2.75) is 13.3 Å². The second-order valence-corrected chi connectivity index (χ2v) is 7.51. The molecule has 0 bridgehead atoms. The number of hydrogen-bond donors (Lipinski definition) is 0. The van der Waals surface area contributed by atoms with E-state index in [1.165, 1.54) is 5.38 Å². The van der Waals surface area contributed by atoms with Crippen molar-refractivity contribution < 1.29 is 91.8 Å². The van der Waals surface area contributed by atoms with Gasteiger partial charge >= 0.3 is 59.1 Å². The molecule has 28 heavy (non-hydrogen) atoms. The summed E-state index contributed by atoms with van der Waals surface area (Å²) in [6.07, 6.45) is 0.881. The van der Waals surface area contributed by atoms with Gasteiger partial charge in [0.1, 0.15) is 5.69 Å². The van der Waals surface area contributed by atoms with Crippen molar-refractivity contribution in [1.82, 2.24) is 9.32 Å². The molecule has 0 radical (unpaired) electrons. The second-order valence-electron chi connectivity index (χ2n) is 5.28. The monoisotopic (exact) mass is 444 g/mol. The van der Waals surface area contributed by atoms with Gasteiger partial charge in [-0.25, -0.2) is 13.8 Å². The number of halogens is 2. The minimum atomic E-state index is -5.42. The van der Waals surface area contributed by atoms with E-state index in [0.29, 0.717) is 18.3 Å². The Balaban J connectivity index is 0.00000196. The summed E-state index contributed by atoms with van der Waals surface area (Å²) in [6, 6.07) is 1.16. The van der Waals surface area contributed by atoms with Crippen molar-refractivity contribution in [2.24, 2.45) is 0 Å². The number of fused-ring (bicyclic) bond motifs is 1. The van der Waals surface area contributed by atoms with Crippen LogP contribution in [-0.2, 0) is 4.57 Å². The molecule has 2 heterocycles. The van der Waals surface area contributed by atoms with E-state index in [0.717, 1.165) is 11.3 Å². The molecule has 7 nitrogen and oxygen atoms in total. The van der Waals surface area contributed by atoms with Crippen LogP contribution in [0.4, 0.5) is 8.78 Å². The standard InChI is InChI=1S/C15H11F2N2O5PS.2Na/c1-2-13(20)11-6-26-15(18-11)14(21)8-5-19(25(22,23)24)12-4-10(17)9(16)3-7(8)12;;/h3-6H,2H2,1H3,(H2,22,23,24);;/q;2*+1/p-2. The fraction of sp³-hybridized carbons (Fsp3) is 0.133. The van der Waals surface area contributed by atoms with E-state index in [4.69, 9.17) is 0 Å². The molecule has 0 N–H and O–H groups in total. The fourth-order valence-corrected chi connectivity index (χ4v) is 3.85. The van der Waals surface area contributed by atoms with Crippen molar-refractivity contribution in [3.05, 3.63) is 51.6 Å². The molecular formula is C15H9F2N2Na2O5PS. The molecule has 0 unspecified atom stereocenters. The first kappa shape index (κ1) is 25.8. The van der Waals surface area contributed by atoms with Gasteiger partial charge in [0.05, 0.1) is 11.1 Å². The molecule has 2 aromatic heterocycles. The maximum Gasteiger partial charge on any atom is 1.00 e. The van der Waals surface area contributed by atoms with Crippen molar-refractivity contribution >= 4 is 41.6 Å². The van der Waals surface area contributed by atoms with Gasteiger partial charge in [0.2, 0.25) is 5.78 Å². The third-order valence-electron chi connectivity index (χ3n) is 3.64. The van der Waals surface area contributed by atoms with Crippen LogP contribution in [0.2, 0.25) is 0 Å². The van der Waals surface area contributed by atoms with Crippen LogP contribution in [0, 0.1) is 11.6 Å². The van der Waals surface area contributed by atoms with E-state index in [1.807, 2.05) is 0 Å². The first-order valence-electron chi connectivity index (χ1n) is 7.20. The Morgan fingerprint density at radius 2 is 1.82 bits per heavy atom. The maximum absolute atomic E-state index is 13.6. The summed E-state index contributed by atoms with van der Waals surface area (Å²) in [4.78, 5) is 51.0. The van der Waals surface area contributed by atoms with Crippen LogP contribution in [0.1, 0.15) is 39.2 Å². The fourth-order valence-electron chi connectivity index (χ4n) is 2.39. The Morgan fingerprint density at radius 1 is 1.21 bits per heavy atom. The number of thiazole rings is 1. The number of Topliss-reactive ketones (excluding diaryl/α,β-unsaturated/α-hetero) is 1. The summed E-state index contributed by atoms with van der Waals surface area (Å²) >= 11 is 0.845. The van der Waals surface area contributed by atoms with E-state index >= 15 is 0 Å². The summed E-state index contributed by atoms with van der Waals surface area (Å²) in [5.41, 5.74) is -0.724. The van der Waals surface area contributed by atoms with E-state index < -0.39 is 30.7 Å². The average molecular weight is 444 g/mol. The van der Waals surface area contributed by atoms with Crippen LogP contribution in [0.15, 0.2) is 23.7 Å². The van der Waals surface area contributed by atoms with Crippen LogP contribution >= 0.6 is 19.1 Å². The molecule has 0 fully saturated rings. The van der Waals surface area contributed by atoms with Gasteiger partial charge < -0.3 is 18.7 Å². The maximum atomic E-state index is 13.6. The van der Waals surface area contributed by atoms with Crippen molar-refractivity contribution in [3.63, 3.8) is 0 Å². The number of nitrogens with zero attached hydrogens (tertiary/aromatic N) is 2. The predicted octanol–water partition coefficient (Wildman–Crippen LogP) is -4.12. The van der Waals surface area contributed by atoms with Crippen molar-refractivity contribution in [2.75, 3.05) is 0 Å². The molecular weight excluding hydrogens is 435 g/mol. The largest absolute Gasteiger partial charge is 1.00 e. The smallest absolute Gasteiger partial charge is 0.795 e. The molecule has 0 aliphatic heterocycles. The first-order valence-corrected chi connectivity index (χ1v) is 9.57. The molecule has 0 saturated carbocycles.